The van der Waals surface area contributed by atoms with E-state index in [0.717, 1.165) is 12.7 Å². The quantitative estimate of drug-likeness (QED) is 0.268. The zero-order chi connectivity index (χ0) is 8.69. The monoisotopic (exact) mass is 154 g/mol. The van der Waals surface area contributed by atoms with E-state index in [2.05, 4.69) is 0 Å². The first kappa shape index (κ1) is 9.95. The van der Waals surface area contributed by atoms with Crippen molar-refractivity contribution >= 4 is 6.29 Å². The van der Waals surface area contributed by atoms with E-state index in [-0.39, 0.29) is 0 Å². The van der Waals surface area contributed by atoms with Crippen LogP contribution in [0.3, 0.4) is 0 Å². The SMILES string of the molecule is C/C=C(C=O)\C(=C/CC)OC. The van der Waals surface area contributed by atoms with Crippen LogP contribution < -0.4 is 0 Å². The number of allylic oxidation sites excluding steroid dienone is 3. The van der Waals surface area contributed by atoms with Crippen LogP contribution in [0.2, 0.25) is 0 Å². The summed E-state index contributed by atoms with van der Waals surface area (Å²) in [5.74, 6) is 0.657. The number of aldehydes is 1. The minimum Gasteiger partial charge on any atom is -0.496 e. The summed E-state index contributed by atoms with van der Waals surface area (Å²) >= 11 is 0. The smallest absolute Gasteiger partial charge is 0.153 e. The number of hydrogen-bond acceptors (Lipinski definition) is 2. The van der Waals surface area contributed by atoms with Gasteiger partial charge in [0.15, 0.2) is 6.29 Å². The van der Waals surface area contributed by atoms with Crippen molar-refractivity contribution in [3.8, 4) is 0 Å². The zero-order valence-electron chi connectivity index (χ0n) is 7.26. The van der Waals surface area contributed by atoms with Crippen molar-refractivity contribution in [3.63, 3.8) is 0 Å². The van der Waals surface area contributed by atoms with Crippen molar-refractivity contribution < 1.29 is 9.53 Å². The Labute approximate surface area is 67.6 Å². The minimum atomic E-state index is 0.606. The molecule has 0 bridgehead atoms. The maximum atomic E-state index is 10.4. The lowest BCUT2D eigenvalue weighted by molar-refractivity contribution is -0.105. The summed E-state index contributed by atoms with van der Waals surface area (Å²) in [4.78, 5) is 10.4. The van der Waals surface area contributed by atoms with Gasteiger partial charge < -0.3 is 4.74 Å². The molecule has 0 saturated heterocycles. The molecule has 0 aromatic heterocycles. The highest BCUT2D eigenvalue weighted by molar-refractivity contribution is 5.78. The fourth-order valence-corrected chi connectivity index (χ4v) is 0.773. The van der Waals surface area contributed by atoms with Crippen molar-refractivity contribution in [2.75, 3.05) is 7.11 Å². The molecule has 0 heterocycles. The first-order chi connectivity index (χ1) is 5.29. The van der Waals surface area contributed by atoms with E-state index in [1.807, 2.05) is 19.9 Å². The molecule has 0 saturated carbocycles. The lowest BCUT2D eigenvalue weighted by Gasteiger charge is -2.03. The normalized spacial score (nSPS) is 13.0. The van der Waals surface area contributed by atoms with Gasteiger partial charge in [-0.1, -0.05) is 13.0 Å². The van der Waals surface area contributed by atoms with E-state index in [0.29, 0.717) is 11.3 Å². The molecule has 0 atom stereocenters. The van der Waals surface area contributed by atoms with Gasteiger partial charge in [0.25, 0.3) is 0 Å². The second kappa shape index (κ2) is 5.71. The first-order valence-corrected chi connectivity index (χ1v) is 3.66. The molecule has 2 nitrogen and oxygen atoms in total. The second-order valence-electron chi connectivity index (χ2n) is 2.04. The van der Waals surface area contributed by atoms with Gasteiger partial charge in [0, 0.05) is 0 Å². The van der Waals surface area contributed by atoms with Crippen LogP contribution in [0, 0.1) is 0 Å². The molecule has 0 aromatic rings. The van der Waals surface area contributed by atoms with Gasteiger partial charge in [0.2, 0.25) is 0 Å². The van der Waals surface area contributed by atoms with Crippen molar-refractivity contribution in [2.45, 2.75) is 20.3 Å². The van der Waals surface area contributed by atoms with Gasteiger partial charge in [-0.3, -0.25) is 4.79 Å². The van der Waals surface area contributed by atoms with Crippen LogP contribution in [0.15, 0.2) is 23.5 Å². The molecular weight excluding hydrogens is 140 g/mol. The summed E-state index contributed by atoms with van der Waals surface area (Å²) < 4.78 is 5.00. The fraction of sp³-hybridized carbons (Fsp3) is 0.444. The van der Waals surface area contributed by atoms with Crippen molar-refractivity contribution in [3.05, 3.63) is 23.5 Å². The van der Waals surface area contributed by atoms with E-state index in [4.69, 9.17) is 4.74 Å². The average Bonchev–Trinajstić information content (AvgIpc) is 2.05. The maximum absolute atomic E-state index is 10.4. The van der Waals surface area contributed by atoms with Crippen molar-refractivity contribution in [1.29, 1.82) is 0 Å². The molecule has 0 spiro atoms. The number of ether oxygens (including phenoxy) is 1. The second-order valence-corrected chi connectivity index (χ2v) is 2.04. The van der Waals surface area contributed by atoms with E-state index in [9.17, 15) is 4.79 Å². The minimum absolute atomic E-state index is 0.606. The van der Waals surface area contributed by atoms with E-state index in [1.54, 1.807) is 13.2 Å². The van der Waals surface area contributed by atoms with Gasteiger partial charge in [0.05, 0.1) is 12.7 Å². The van der Waals surface area contributed by atoms with Gasteiger partial charge in [-0.25, -0.2) is 0 Å². The number of rotatable bonds is 4. The van der Waals surface area contributed by atoms with E-state index < -0.39 is 0 Å². The van der Waals surface area contributed by atoms with Crippen LogP contribution in [-0.2, 0) is 9.53 Å². The summed E-state index contributed by atoms with van der Waals surface area (Å²) in [6.45, 7) is 3.81. The first-order valence-electron chi connectivity index (χ1n) is 3.66. The molecule has 0 aromatic carbocycles. The largest absolute Gasteiger partial charge is 0.496 e. The highest BCUT2D eigenvalue weighted by atomic mass is 16.5. The van der Waals surface area contributed by atoms with E-state index >= 15 is 0 Å². The Kier molecular flexibility index (Phi) is 5.17. The highest BCUT2D eigenvalue weighted by Crippen LogP contribution is 2.08. The Balaban J connectivity index is 4.48. The molecular formula is C9H14O2. The molecule has 11 heavy (non-hydrogen) atoms. The Bertz CT molecular complexity index is 178. The lowest BCUT2D eigenvalue weighted by Crippen LogP contribution is -1.93. The zero-order valence-corrected chi connectivity index (χ0v) is 7.26. The Morgan fingerprint density at radius 2 is 2.18 bits per heavy atom. The number of methoxy groups -OCH3 is 1. The van der Waals surface area contributed by atoms with Crippen LogP contribution in [0.1, 0.15) is 20.3 Å². The fourth-order valence-electron chi connectivity index (χ4n) is 0.773. The third kappa shape index (κ3) is 3.03. The lowest BCUT2D eigenvalue weighted by atomic mass is 10.2. The molecule has 0 aliphatic rings. The summed E-state index contributed by atoms with van der Waals surface area (Å²) in [6, 6.07) is 0. The molecule has 0 rings (SSSR count). The van der Waals surface area contributed by atoms with Crippen LogP contribution in [0.4, 0.5) is 0 Å². The number of hydrogen-bond donors (Lipinski definition) is 0. The summed E-state index contributed by atoms with van der Waals surface area (Å²) in [5, 5.41) is 0. The topological polar surface area (TPSA) is 26.3 Å². The third-order valence-electron chi connectivity index (χ3n) is 1.33. The molecule has 0 radical (unpaired) electrons. The van der Waals surface area contributed by atoms with Gasteiger partial charge in [-0.15, -0.1) is 0 Å². The van der Waals surface area contributed by atoms with E-state index in [1.165, 1.54) is 0 Å². The van der Waals surface area contributed by atoms with Gasteiger partial charge >= 0.3 is 0 Å². The van der Waals surface area contributed by atoms with Crippen LogP contribution in [0.5, 0.6) is 0 Å². The summed E-state index contributed by atoms with van der Waals surface area (Å²) in [7, 11) is 1.56. The summed E-state index contributed by atoms with van der Waals surface area (Å²) in [6.07, 6.45) is 5.28. The molecule has 62 valence electrons. The number of carbonyl (C=O) groups excluding carboxylic acids is 1. The molecule has 0 aliphatic carbocycles. The van der Waals surface area contributed by atoms with Gasteiger partial charge in [0.1, 0.15) is 5.76 Å². The predicted molar refractivity (Wildman–Crippen MR) is 45.2 cm³/mol. The van der Waals surface area contributed by atoms with Gasteiger partial charge in [-0.05, 0) is 19.4 Å². The van der Waals surface area contributed by atoms with Crippen LogP contribution >= 0.6 is 0 Å². The van der Waals surface area contributed by atoms with Crippen molar-refractivity contribution in [2.24, 2.45) is 0 Å². The molecule has 0 unspecified atom stereocenters. The molecule has 0 N–H and O–H groups in total. The van der Waals surface area contributed by atoms with Crippen molar-refractivity contribution in [1.82, 2.24) is 0 Å². The summed E-state index contributed by atoms with van der Waals surface area (Å²) in [5.41, 5.74) is 0.606. The Morgan fingerprint density at radius 3 is 2.45 bits per heavy atom. The highest BCUT2D eigenvalue weighted by Gasteiger charge is 2.00. The predicted octanol–water partition coefficient (Wildman–Crippen LogP) is 2.07. The molecule has 0 fully saturated rings. The molecule has 0 amide bonds. The number of carbonyl (C=O) groups is 1. The maximum Gasteiger partial charge on any atom is 0.153 e. The Hall–Kier alpha value is -1.05. The average molecular weight is 154 g/mol. The van der Waals surface area contributed by atoms with Crippen LogP contribution in [0.25, 0.3) is 0 Å². The molecule has 2 heteroatoms. The molecule has 0 aliphatic heterocycles. The standard InChI is InChI=1S/C9H14O2/c1-4-6-9(11-3)8(5-2)7-10/h5-7H,4H2,1-3H3/b8-5-,9-6+. The Morgan fingerprint density at radius 1 is 1.55 bits per heavy atom. The third-order valence-corrected chi connectivity index (χ3v) is 1.33. The van der Waals surface area contributed by atoms with Gasteiger partial charge in [-0.2, -0.15) is 0 Å². The van der Waals surface area contributed by atoms with Crippen LogP contribution in [-0.4, -0.2) is 13.4 Å².